The van der Waals surface area contributed by atoms with Gasteiger partial charge in [0.1, 0.15) is 12.1 Å². The molecule has 116 valence electrons. The summed E-state index contributed by atoms with van der Waals surface area (Å²) < 4.78 is 0. The van der Waals surface area contributed by atoms with E-state index in [9.17, 15) is 5.11 Å². The first-order chi connectivity index (χ1) is 10.2. The van der Waals surface area contributed by atoms with Crippen molar-refractivity contribution in [3.8, 4) is 0 Å². The van der Waals surface area contributed by atoms with Crippen LogP contribution in [0.1, 0.15) is 19.0 Å². The van der Waals surface area contributed by atoms with Crippen LogP contribution in [-0.4, -0.2) is 71.4 Å². The lowest BCUT2D eigenvalue weighted by Gasteiger charge is -2.38. The smallest absolute Gasteiger partial charge is 0.132 e. The Morgan fingerprint density at radius 3 is 2.76 bits per heavy atom. The van der Waals surface area contributed by atoms with Crippen LogP contribution in [-0.2, 0) is 6.42 Å². The molecule has 0 spiro atoms. The fourth-order valence-electron chi connectivity index (χ4n) is 3.17. The number of aryl methyl sites for hydroxylation is 1. The van der Waals surface area contributed by atoms with Gasteiger partial charge in [0.05, 0.1) is 5.60 Å². The van der Waals surface area contributed by atoms with E-state index in [1.807, 2.05) is 0 Å². The Hall–Kier alpha value is -1.24. The number of anilines is 1. The van der Waals surface area contributed by atoms with Crippen molar-refractivity contribution in [2.75, 3.05) is 50.7 Å². The number of aromatic nitrogens is 2. The zero-order valence-electron chi connectivity index (χ0n) is 12.8. The maximum absolute atomic E-state index is 10.5. The van der Waals surface area contributed by atoms with Crippen LogP contribution in [0.2, 0.25) is 0 Å². The molecule has 0 bridgehead atoms. The molecule has 1 aromatic rings. The third-order valence-corrected chi connectivity index (χ3v) is 4.51. The number of nitrogens with one attached hydrogen (secondary N) is 1. The topological polar surface area (TPSA) is 64.5 Å². The van der Waals surface area contributed by atoms with Crippen molar-refractivity contribution in [1.29, 1.82) is 0 Å². The van der Waals surface area contributed by atoms with Gasteiger partial charge in [-0.25, -0.2) is 9.97 Å². The molecular weight excluding hydrogens is 266 g/mol. The summed E-state index contributed by atoms with van der Waals surface area (Å²) in [4.78, 5) is 13.3. The number of rotatable bonds is 4. The zero-order valence-corrected chi connectivity index (χ0v) is 12.8. The van der Waals surface area contributed by atoms with Gasteiger partial charge in [0, 0.05) is 51.0 Å². The standard InChI is InChI=1S/C15H25N5O/c1-2-13-9-14(18-12-17-13)20-7-5-19(6-8-20)11-15(21)3-4-16-10-15/h9,12,16,21H,2-8,10-11H2,1H3/t15-/m1/s1. The van der Waals surface area contributed by atoms with Crippen molar-refractivity contribution in [1.82, 2.24) is 20.2 Å². The van der Waals surface area contributed by atoms with E-state index in [4.69, 9.17) is 0 Å². The van der Waals surface area contributed by atoms with Crippen LogP contribution >= 0.6 is 0 Å². The molecule has 0 amide bonds. The second kappa shape index (κ2) is 6.25. The molecule has 2 fully saturated rings. The Morgan fingerprint density at radius 1 is 1.29 bits per heavy atom. The van der Waals surface area contributed by atoms with Crippen molar-refractivity contribution < 1.29 is 5.11 Å². The predicted octanol–water partition coefficient (Wildman–Crippen LogP) is -0.115. The Bertz CT molecular complexity index is 467. The second-order valence-electron chi connectivity index (χ2n) is 6.14. The number of piperazine rings is 1. The minimum Gasteiger partial charge on any atom is -0.387 e. The average molecular weight is 291 g/mol. The van der Waals surface area contributed by atoms with Crippen LogP contribution in [0.3, 0.4) is 0 Å². The van der Waals surface area contributed by atoms with E-state index in [0.29, 0.717) is 0 Å². The Kier molecular flexibility index (Phi) is 4.37. The molecule has 1 atom stereocenters. The fourth-order valence-corrected chi connectivity index (χ4v) is 3.17. The molecule has 0 unspecified atom stereocenters. The van der Waals surface area contributed by atoms with Gasteiger partial charge in [-0.2, -0.15) is 0 Å². The number of hydrogen-bond donors (Lipinski definition) is 2. The maximum atomic E-state index is 10.5. The van der Waals surface area contributed by atoms with Gasteiger partial charge in [-0.3, -0.25) is 4.90 Å². The highest BCUT2D eigenvalue weighted by Gasteiger charge is 2.34. The summed E-state index contributed by atoms with van der Waals surface area (Å²) in [6.07, 6.45) is 3.46. The van der Waals surface area contributed by atoms with E-state index >= 15 is 0 Å². The van der Waals surface area contributed by atoms with Crippen molar-refractivity contribution in [3.63, 3.8) is 0 Å². The molecule has 6 heteroatoms. The lowest BCUT2D eigenvalue weighted by atomic mass is 10.0. The molecule has 0 saturated carbocycles. The molecule has 3 heterocycles. The third kappa shape index (κ3) is 3.51. The minimum atomic E-state index is -0.535. The van der Waals surface area contributed by atoms with Gasteiger partial charge in [0.15, 0.2) is 0 Å². The van der Waals surface area contributed by atoms with E-state index in [1.165, 1.54) is 0 Å². The number of nitrogens with zero attached hydrogens (tertiary/aromatic N) is 4. The quantitative estimate of drug-likeness (QED) is 0.807. The van der Waals surface area contributed by atoms with Crippen molar-refractivity contribution in [2.24, 2.45) is 0 Å². The van der Waals surface area contributed by atoms with E-state index in [2.05, 4.69) is 38.1 Å². The van der Waals surface area contributed by atoms with Crippen molar-refractivity contribution in [2.45, 2.75) is 25.4 Å². The van der Waals surface area contributed by atoms with Crippen LogP contribution in [0.25, 0.3) is 0 Å². The second-order valence-corrected chi connectivity index (χ2v) is 6.14. The summed E-state index contributed by atoms with van der Waals surface area (Å²) in [6.45, 7) is 8.42. The SMILES string of the molecule is CCc1cc(N2CCN(C[C@@]3(O)CCNC3)CC2)ncn1. The Labute approximate surface area is 126 Å². The molecule has 2 aliphatic heterocycles. The van der Waals surface area contributed by atoms with Crippen molar-refractivity contribution >= 4 is 5.82 Å². The molecule has 0 aliphatic carbocycles. The Balaban J connectivity index is 1.54. The van der Waals surface area contributed by atoms with Gasteiger partial charge in [0.2, 0.25) is 0 Å². The van der Waals surface area contributed by atoms with Gasteiger partial charge in [-0.1, -0.05) is 6.92 Å². The van der Waals surface area contributed by atoms with Crippen LogP contribution in [0.15, 0.2) is 12.4 Å². The highest BCUT2D eigenvalue weighted by Crippen LogP contribution is 2.19. The van der Waals surface area contributed by atoms with E-state index in [-0.39, 0.29) is 0 Å². The molecule has 21 heavy (non-hydrogen) atoms. The molecule has 3 rings (SSSR count). The largest absolute Gasteiger partial charge is 0.387 e. The van der Waals surface area contributed by atoms with Gasteiger partial charge in [-0.05, 0) is 19.4 Å². The molecule has 2 saturated heterocycles. The lowest BCUT2D eigenvalue weighted by molar-refractivity contribution is 0.0193. The summed E-state index contributed by atoms with van der Waals surface area (Å²) in [7, 11) is 0. The summed E-state index contributed by atoms with van der Waals surface area (Å²) >= 11 is 0. The van der Waals surface area contributed by atoms with Gasteiger partial charge < -0.3 is 15.3 Å². The first-order valence-corrected chi connectivity index (χ1v) is 7.90. The molecule has 2 N–H and O–H groups in total. The van der Waals surface area contributed by atoms with Crippen LogP contribution < -0.4 is 10.2 Å². The van der Waals surface area contributed by atoms with Gasteiger partial charge >= 0.3 is 0 Å². The van der Waals surface area contributed by atoms with E-state index in [1.54, 1.807) is 6.33 Å². The number of aliphatic hydroxyl groups is 1. The predicted molar refractivity (Wildman–Crippen MR) is 82.5 cm³/mol. The molecule has 6 nitrogen and oxygen atoms in total. The van der Waals surface area contributed by atoms with Gasteiger partial charge in [-0.15, -0.1) is 0 Å². The maximum Gasteiger partial charge on any atom is 0.132 e. The molecular formula is C15H25N5O. The van der Waals surface area contributed by atoms with E-state index < -0.39 is 5.60 Å². The highest BCUT2D eigenvalue weighted by molar-refractivity contribution is 5.39. The Morgan fingerprint density at radius 2 is 2.10 bits per heavy atom. The molecule has 1 aromatic heterocycles. The van der Waals surface area contributed by atoms with Gasteiger partial charge in [0.25, 0.3) is 0 Å². The zero-order chi connectivity index (χ0) is 14.7. The first-order valence-electron chi connectivity index (χ1n) is 7.90. The fraction of sp³-hybridized carbons (Fsp3) is 0.733. The monoisotopic (exact) mass is 291 g/mol. The first kappa shape index (κ1) is 14.7. The summed E-state index contributed by atoms with van der Waals surface area (Å²) in [6, 6.07) is 2.09. The van der Waals surface area contributed by atoms with E-state index in [0.717, 1.165) is 70.2 Å². The molecule has 0 radical (unpaired) electrons. The lowest BCUT2D eigenvalue weighted by Crippen LogP contribution is -2.52. The van der Waals surface area contributed by atoms with Crippen LogP contribution in [0.4, 0.5) is 5.82 Å². The number of hydrogen-bond acceptors (Lipinski definition) is 6. The third-order valence-electron chi connectivity index (χ3n) is 4.51. The molecule has 2 aliphatic rings. The average Bonchev–Trinajstić information content (AvgIpc) is 2.94. The summed E-state index contributed by atoms with van der Waals surface area (Å²) in [5.74, 6) is 1.03. The van der Waals surface area contributed by atoms with Crippen molar-refractivity contribution in [3.05, 3.63) is 18.1 Å². The highest BCUT2D eigenvalue weighted by atomic mass is 16.3. The summed E-state index contributed by atoms with van der Waals surface area (Å²) in [5.41, 5.74) is 0.556. The number of β-amino-alcohol motifs (C(OH)–C–C–N with tert-alkyl or cyclic N) is 1. The van der Waals surface area contributed by atoms with Crippen LogP contribution in [0, 0.1) is 0 Å². The molecule has 0 aromatic carbocycles. The van der Waals surface area contributed by atoms with Crippen LogP contribution in [0.5, 0.6) is 0 Å². The minimum absolute atomic E-state index is 0.535. The summed E-state index contributed by atoms with van der Waals surface area (Å²) in [5, 5.41) is 13.7. The normalized spacial score (nSPS) is 27.2.